The highest BCUT2D eigenvalue weighted by atomic mass is 32.2. The van der Waals surface area contributed by atoms with E-state index in [2.05, 4.69) is 4.98 Å². The van der Waals surface area contributed by atoms with Gasteiger partial charge in [0.1, 0.15) is 0 Å². The van der Waals surface area contributed by atoms with Gasteiger partial charge in [-0.3, -0.25) is 4.98 Å². The zero-order valence-corrected chi connectivity index (χ0v) is 11.7. The van der Waals surface area contributed by atoms with Crippen LogP contribution in [0.1, 0.15) is 17.2 Å². The third-order valence-electron chi connectivity index (χ3n) is 2.85. The van der Waals surface area contributed by atoms with Crippen molar-refractivity contribution in [2.45, 2.75) is 22.9 Å². The minimum Gasteiger partial charge on any atom is -0.398 e. The van der Waals surface area contributed by atoms with Crippen LogP contribution < -0.4 is 5.73 Å². The van der Waals surface area contributed by atoms with E-state index in [1.54, 1.807) is 18.5 Å². The number of nitrogens with zero attached hydrogens (tertiary/aromatic N) is 1. The molecule has 1 unspecified atom stereocenters. The molecule has 2 rings (SSSR count). The molecule has 0 fully saturated rings. The predicted molar refractivity (Wildman–Crippen MR) is 75.7 cm³/mol. The second-order valence-electron chi connectivity index (χ2n) is 4.41. The quantitative estimate of drug-likeness (QED) is 0.847. The summed E-state index contributed by atoms with van der Waals surface area (Å²) in [5.41, 5.74) is 3.19. The summed E-state index contributed by atoms with van der Waals surface area (Å²) in [7, 11) is 0. The Morgan fingerprint density at radius 1 is 1.19 bits per heavy atom. The topological polar surface area (TPSA) is 59.1 Å². The minimum atomic E-state index is -4.32. The molecule has 0 bridgehead atoms. The third-order valence-corrected chi connectivity index (χ3v) is 3.59. The molecule has 1 aromatic heterocycles. The molecule has 112 valence electrons. The van der Waals surface area contributed by atoms with Gasteiger partial charge in [0.25, 0.3) is 0 Å². The van der Waals surface area contributed by atoms with Gasteiger partial charge in [0.15, 0.2) is 0 Å². The average Bonchev–Trinajstić information content (AvgIpc) is 2.40. The molecule has 7 heteroatoms. The van der Waals surface area contributed by atoms with Gasteiger partial charge in [-0.05, 0) is 41.1 Å². The normalized spacial score (nSPS) is 13.1. The summed E-state index contributed by atoms with van der Waals surface area (Å²) in [6.45, 7) is 0. The number of pyridine rings is 1. The van der Waals surface area contributed by atoms with Crippen molar-refractivity contribution in [2.75, 3.05) is 5.73 Å². The van der Waals surface area contributed by atoms with E-state index in [-0.39, 0.29) is 23.1 Å². The maximum absolute atomic E-state index is 12.2. The number of rotatable bonds is 4. The number of hydrogen-bond acceptors (Lipinski definition) is 4. The standard InChI is InChI=1S/C14H13F3N2OS/c15-14(16,17)21-11-3-1-9(2-4-11)13(20)7-10-8-19-6-5-12(10)18/h1-6,8,13,20H,7H2,(H2,18,19). The largest absolute Gasteiger partial charge is 0.446 e. The molecule has 0 aliphatic rings. The fraction of sp³-hybridized carbons (Fsp3) is 0.214. The van der Waals surface area contributed by atoms with E-state index < -0.39 is 11.6 Å². The zero-order valence-electron chi connectivity index (χ0n) is 10.8. The fourth-order valence-electron chi connectivity index (χ4n) is 1.83. The number of nitrogen functional groups attached to an aromatic ring is 1. The molecule has 0 amide bonds. The lowest BCUT2D eigenvalue weighted by Crippen LogP contribution is -2.05. The van der Waals surface area contributed by atoms with Crippen LogP contribution in [0.2, 0.25) is 0 Å². The Kier molecular flexibility index (Phi) is 4.74. The molecular formula is C14H13F3N2OS. The van der Waals surface area contributed by atoms with Crippen LogP contribution in [0.15, 0.2) is 47.6 Å². The van der Waals surface area contributed by atoms with Crippen LogP contribution in [0.5, 0.6) is 0 Å². The number of benzene rings is 1. The maximum Gasteiger partial charge on any atom is 0.446 e. The first-order valence-corrected chi connectivity index (χ1v) is 6.89. The van der Waals surface area contributed by atoms with Crippen molar-refractivity contribution in [3.8, 4) is 0 Å². The van der Waals surface area contributed by atoms with Crippen molar-refractivity contribution in [3.05, 3.63) is 53.9 Å². The number of thioether (sulfide) groups is 1. The van der Waals surface area contributed by atoms with Crippen molar-refractivity contribution in [1.29, 1.82) is 0 Å². The molecule has 0 radical (unpaired) electrons. The smallest absolute Gasteiger partial charge is 0.398 e. The Morgan fingerprint density at radius 2 is 1.86 bits per heavy atom. The predicted octanol–water partition coefficient (Wildman–Crippen LogP) is 3.55. The highest BCUT2D eigenvalue weighted by Gasteiger charge is 2.29. The van der Waals surface area contributed by atoms with Crippen molar-refractivity contribution in [2.24, 2.45) is 0 Å². The summed E-state index contributed by atoms with van der Waals surface area (Å²) in [6.07, 6.45) is 2.52. The van der Waals surface area contributed by atoms with Crippen LogP contribution in [0.4, 0.5) is 18.9 Å². The van der Waals surface area contributed by atoms with Crippen molar-refractivity contribution in [3.63, 3.8) is 0 Å². The van der Waals surface area contributed by atoms with Gasteiger partial charge >= 0.3 is 5.51 Å². The number of aromatic nitrogens is 1. The first-order valence-electron chi connectivity index (χ1n) is 6.07. The Bertz CT molecular complexity index is 602. The van der Waals surface area contributed by atoms with Gasteiger partial charge in [-0.25, -0.2) is 0 Å². The third kappa shape index (κ3) is 4.64. The Hall–Kier alpha value is -1.73. The van der Waals surface area contributed by atoms with Crippen LogP contribution in [0, 0.1) is 0 Å². The van der Waals surface area contributed by atoms with Crippen LogP contribution in [-0.4, -0.2) is 15.6 Å². The van der Waals surface area contributed by atoms with Gasteiger partial charge in [-0.2, -0.15) is 13.2 Å². The zero-order chi connectivity index (χ0) is 15.5. The summed E-state index contributed by atoms with van der Waals surface area (Å²) in [6, 6.07) is 7.26. The Morgan fingerprint density at radius 3 is 2.43 bits per heavy atom. The summed E-state index contributed by atoms with van der Waals surface area (Å²) >= 11 is -0.184. The highest BCUT2D eigenvalue weighted by Crippen LogP contribution is 2.37. The van der Waals surface area contributed by atoms with Crippen LogP contribution >= 0.6 is 11.8 Å². The van der Waals surface area contributed by atoms with E-state index in [1.165, 1.54) is 24.3 Å². The average molecular weight is 314 g/mol. The molecule has 0 saturated heterocycles. The number of aliphatic hydroxyl groups is 1. The molecule has 0 spiro atoms. The lowest BCUT2D eigenvalue weighted by molar-refractivity contribution is -0.0328. The van der Waals surface area contributed by atoms with E-state index in [9.17, 15) is 18.3 Å². The first-order chi connectivity index (χ1) is 9.85. The molecule has 21 heavy (non-hydrogen) atoms. The maximum atomic E-state index is 12.2. The molecule has 0 aliphatic carbocycles. The van der Waals surface area contributed by atoms with Gasteiger partial charge in [0, 0.05) is 29.4 Å². The lowest BCUT2D eigenvalue weighted by Gasteiger charge is -2.13. The fourth-order valence-corrected chi connectivity index (χ4v) is 2.37. The highest BCUT2D eigenvalue weighted by molar-refractivity contribution is 8.00. The van der Waals surface area contributed by atoms with Gasteiger partial charge in [0.05, 0.1) is 6.10 Å². The number of halogens is 3. The van der Waals surface area contributed by atoms with Crippen LogP contribution in [0.3, 0.4) is 0 Å². The first kappa shape index (κ1) is 15.7. The van der Waals surface area contributed by atoms with Gasteiger partial charge < -0.3 is 10.8 Å². The van der Waals surface area contributed by atoms with E-state index in [1.807, 2.05) is 0 Å². The summed E-state index contributed by atoms with van der Waals surface area (Å²) < 4.78 is 36.7. The molecule has 0 aliphatic heterocycles. The van der Waals surface area contributed by atoms with E-state index in [4.69, 9.17) is 5.73 Å². The number of anilines is 1. The number of nitrogens with two attached hydrogens (primary N) is 1. The molecule has 3 nitrogen and oxygen atoms in total. The summed E-state index contributed by atoms with van der Waals surface area (Å²) in [5.74, 6) is 0. The summed E-state index contributed by atoms with van der Waals surface area (Å²) in [4.78, 5) is 4.01. The molecule has 0 saturated carbocycles. The van der Waals surface area contributed by atoms with Gasteiger partial charge in [-0.1, -0.05) is 12.1 Å². The SMILES string of the molecule is Nc1ccncc1CC(O)c1ccc(SC(F)(F)F)cc1. The monoisotopic (exact) mass is 314 g/mol. The van der Waals surface area contributed by atoms with Crippen LogP contribution in [-0.2, 0) is 6.42 Å². The number of alkyl halides is 3. The van der Waals surface area contributed by atoms with Gasteiger partial charge in [-0.15, -0.1) is 0 Å². The number of hydrogen-bond donors (Lipinski definition) is 2. The van der Waals surface area contributed by atoms with E-state index >= 15 is 0 Å². The van der Waals surface area contributed by atoms with E-state index in [0.29, 0.717) is 16.8 Å². The van der Waals surface area contributed by atoms with Crippen LogP contribution in [0.25, 0.3) is 0 Å². The lowest BCUT2D eigenvalue weighted by atomic mass is 10.0. The second kappa shape index (κ2) is 6.36. The van der Waals surface area contributed by atoms with E-state index in [0.717, 1.165) is 0 Å². The van der Waals surface area contributed by atoms with Crippen molar-refractivity contribution < 1.29 is 18.3 Å². The molecule has 1 heterocycles. The molecular weight excluding hydrogens is 301 g/mol. The van der Waals surface area contributed by atoms with Gasteiger partial charge in [0.2, 0.25) is 0 Å². The Labute approximate surface area is 124 Å². The molecule has 2 aromatic rings. The number of aliphatic hydroxyl groups excluding tert-OH is 1. The minimum absolute atomic E-state index is 0.0827. The molecule has 3 N–H and O–H groups in total. The Balaban J connectivity index is 2.06. The molecule has 1 aromatic carbocycles. The van der Waals surface area contributed by atoms with Crippen molar-refractivity contribution >= 4 is 17.4 Å². The summed E-state index contributed by atoms with van der Waals surface area (Å²) in [5, 5.41) is 10.1. The second-order valence-corrected chi connectivity index (χ2v) is 5.55. The molecule has 1 atom stereocenters. The van der Waals surface area contributed by atoms with Crippen molar-refractivity contribution in [1.82, 2.24) is 4.98 Å².